The number of nitrogens with one attached hydrogen (secondary N) is 1. The van der Waals surface area contributed by atoms with Crippen LogP contribution in [0, 0.1) is 5.92 Å². The first-order valence-corrected chi connectivity index (χ1v) is 8.02. The second-order valence-electron chi connectivity index (χ2n) is 6.40. The van der Waals surface area contributed by atoms with Gasteiger partial charge in [0.15, 0.2) is 0 Å². The van der Waals surface area contributed by atoms with Crippen LogP contribution in [-0.2, 0) is 9.59 Å². The molecular weight excluding hydrogens is 278 g/mol. The number of likely N-dealkylation sites (tertiary alicyclic amines) is 1. The third kappa shape index (κ3) is 2.67. The molecule has 5 nitrogen and oxygen atoms in total. The molecule has 1 unspecified atom stereocenters. The molecular formula is C17H23N3O2. The zero-order valence-corrected chi connectivity index (χ0v) is 13.2. The summed E-state index contributed by atoms with van der Waals surface area (Å²) in [5.41, 5.74) is 1.73. The van der Waals surface area contributed by atoms with Gasteiger partial charge in [-0.3, -0.25) is 14.5 Å². The number of para-hydroxylation sites is 2. The van der Waals surface area contributed by atoms with Gasteiger partial charge >= 0.3 is 0 Å². The van der Waals surface area contributed by atoms with Gasteiger partial charge in [0.1, 0.15) is 12.6 Å². The van der Waals surface area contributed by atoms with Crippen LogP contribution in [0.25, 0.3) is 0 Å². The number of hydrogen-bond donors (Lipinski definition) is 1. The molecule has 2 heterocycles. The molecule has 2 aliphatic rings. The van der Waals surface area contributed by atoms with Crippen molar-refractivity contribution in [3.8, 4) is 0 Å². The van der Waals surface area contributed by atoms with Crippen molar-refractivity contribution in [3.63, 3.8) is 0 Å². The average Bonchev–Trinajstić information content (AvgIpc) is 3.04. The number of fused-ring (bicyclic) bond motifs is 1. The summed E-state index contributed by atoms with van der Waals surface area (Å²) in [4.78, 5) is 28.7. The molecule has 1 fully saturated rings. The number of carbonyl (C=O) groups excluding carboxylic acids is 2. The molecule has 0 spiro atoms. The molecule has 1 aromatic carbocycles. The van der Waals surface area contributed by atoms with E-state index in [-0.39, 0.29) is 30.3 Å². The van der Waals surface area contributed by atoms with Crippen LogP contribution >= 0.6 is 0 Å². The molecule has 3 rings (SSSR count). The Morgan fingerprint density at radius 1 is 1.27 bits per heavy atom. The van der Waals surface area contributed by atoms with Crippen LogP contribution < -0.4 is 10.2 Å². The lowest BCUT2D eigenvalue weighted by Crippen LogP contribution is -2.52. The van der Waals surface area contributed by atoms with Gasteiger partial charge in [-0.05, 0) is 30.9 Å². The minimum atomic E-state index is -0.277. The van der Waals surface area contributed by atoms with E-state index in [1.54, 1.807) is 4.90 Å². The average molecular weight is 301 g/mol. The molecule has 0 aromatic heterocycles. The number of benzene rings is 1. The highest BCUT2D eigenvalue weighted by Gasteiger charge is 2.35. The van der Waals surface area contributed by atoms with E-state index in [9.17, 15) is 9.59 Å². The van der Waals surface area contributed by atoms with Gasteiger partial charge in [0, 0.05) is 13.1 Å². The summed E-state index contributed by atoms with van der Waals surface area (Å²) in [5, 5.41) is 3.30. The van der Waals surface area contributed by atoms with E-state index >= 15 is 0 Å². The zero-order chi connectivity index (χ0) is 15.7. The predicted octanol–water partition coefficient (Wildman–Crippen LogP) is 2.09. The van der Waals surface area contributed by atoms with Gasteiger partial charge in [0.05, 0.1) is 11.4 Å². The van der Waals surface area contributed by atoms with Gasteiger partial charge in [-0.15, -0.1) is 0 Å². The Morgan fingerprint density at radius 3 is 2.64 bits per heavy atom. The third-order valence-electron chi connectivity index (χ3n) is 4.46. The summed E-state index contributed by atoms with van der Waals surface area (Å²) in [6, 6.07) is 7.43. The second kappa shape index (κ2) is 5.99. The van der Waals surface area contributed by atoms with Crippen molar-refractivity contribution in [3.05, 3.63) is 24.3 Å². The smallest absolute Gasteiger partial charge is 0.250 e. The Kier molecular flexibility index (Phi) is 4.05. The highest BCUT2D eigenvalue weighted by Crippen LogP contribution is 2.33. The number of amides is 2. The third-order valence-corrected chi connectivity index (χ3v) is 4.46. The first-order chi connectivity index (χ1) is 10.6. The summed E-state index contributed by atoms with van der Waals surface area (Å²) in [6.07, 6.45) is 2.12. The maximum absolute atomic E-state index is 12.8. The first kappa shape index (κ1) is 14.9. The second-order valence-corrected chi connectivity index (χ2v) is 6.40. The fraction of sp³-hybridized carbons (Fsp3) is 0.529. The summed E-state index contributed by atoms with van der Waals surface area (Å²) >= 11 is 0. The SMILES string of the molecule is CC(C)C1Nc2ccccc2N(CC(=O)N2CCCC2)C1=O. The minimum Gasteiger partial charge on any atom is -0.372 e. The molecule has 2 aliphatic heterocycles. The lowest BCUT2D eigenvalue weighted by atomic mass is 9.99. The van der Waals surface area contributed by atoms with Gasteiger partial charge in [0.25, 0.3) is 0 Å². The fourth-order valence-corrected chi connectivity index (χ4v) is 3.16. The molecule has 22 heavy (non-hydrogen) atoms. The normalized spacial score (nSPS) is 21.0. The number of nitrogens with zero attached hydrogens (tertiary/aromatic N) is 2. The molecule has 1 aromatic rings. The molecule has 118 valence electrons. The van der Waals surface area contributed by atoms with Crippen molar-refractivity contribution in [2.45, 2.75) is 32.7 Å². The Labute approximate surface area is 131 Å². The van der Waals surface area contributed by atoms with E-state index in [4.69, 9.17) is 0 Å². The van der Waals surface area contributed by atoms with Crippen LogP contribution in [0.4, 0.5) is 11.4 Å². The van der Waals surface area contributed by atoms with Gasteiger partial charge < -0.3 is 10.2 Å². The molecule has 1 saturated heterocycles. The van der Waals surface area contributed by atoms with E-state index in [2.05, 4.69) is 5.32 Å². The van der Waals surface area contributed by atoms with Crippen LogP contribution in [0.1, 0.15) is 26.7 Å². The number of hydrogen-bond acceptors (Lipinski definition) is 3. The van der Waals surface area contributed by atoms with Crippen molar-refractivity contribution in [2.75, 3.05) is 29.9 Å². The van der Waals surface area contributed by atoms with Crippen molar-refractivity contribution in [1.82, 2.24) is 4.90 Å². The quantitative estimate of drug-likeness (QED) is 0.930. The Balaban J connectivity index is 1.86. The predicted molar refractivity (Wildman–Crippen MR) is 86.9 cm³/mol. The van der Waals surface area contributed by atoms with E-state index in [0.29, 0.717) is 0 Å². The number of carbonyl (C=O) groups is 2. The molecule has 0 radical (unpaired) electrons. The standard InChI is InChI=1S/C17H23N3O2/c1-12(2)16-17(22)20(11-15(21)19-9-5-6-10-19)14-8-4-3-7-13(14)18-16/h3-4,7-8,12,16,18H,5-6,9-11H2,1-2H3. The van der Waals surface area contributed by atoms with Gasteiger partial charge in [-0.25, -0.2) is 0 Å². The van der Waals surface area contributed by atoms with Crippen LogP contribution in [0.3, 0.4) is 0 Å². The van der Waals surface area contributed by atoms with Gasteiger partial charge in [0.2, 0.25) is 11.8 Å². The van der Waals surface area contributed by atoms with Crippen molar-refractivity contribution < 1.29 is 9.59 Å². The monoisotopic (exact) mass is 301 g/mol. The number of anilines is 2. The van der Waals surface area contributed by atoms with E-state index < -0.39 is 0 Å². The van der Waals surface area contributed by atoms with Crippen LogP contribution in [-0.4, -0.2) is 42.4 Å². The summed E-state index contributed by atoms with van der Waals surface area (Å²) < 4.78 is 0. The molecule has 2 amide bonds. The fourth-order valence-electron chi connectivity index (χ4n) is 3.16. The lowest BCUT2D eigenvalue weighted by molar-refractivity contribution is -0.130. The van der Waals surface area contributed by atoms with Crippen molar-refractivity contribution >= 4 is 23.2 Å². The van der Waals surface area contributed by atoms with Crippen LogP contribution in [0.5, 0.6) is 0 Å². The molecule has 1 atom stereocenters. The summed E-state index contributed by atoms with van der Waals surface area (Å²) in [7, 11) is 0. The Morgan fingerprint density at radius 2 is 1.95 bits per heavy atom. The molecule has 0 bridgehead atoms. The molecule has 5 heteroatoms. The molecule has 0 aliphatic carbocycles. The maximum atomic E-state index is 12.8. The highest BCUT2D eigenvalue weighted by molar-refractivity contribution is 6.08. The van der Waals surface area contributed by atoms with Crippen LogP contribution in [0.2, 0.25) is 0 Å². The van der Waals surface area contributed by atoms with E-state index in [0.717, 1.165) is 37.3 Å². The van der Waals surface area contributed by atoms with Gasteiger partial charge in [-0.2, -0.15) is 0 Å². The maximum Gasteiger partial charge on any atom is 0.250 e. The largest absolute Gasteiger partial charge is 0.372 e. The zero-order valence-electron chi connectivity index (χ0n) is 13.2. The topological polar surface area (TPSA) is 52.7 Å². The van der Waals surface area contributed by atoms with Gasteiger partial charge in [-0.1, -0.05) is 26.0 Å². The Bertz CT molecular complexity index is 579. The van der Waals surface area contributed by atoms with Crippen molar-refractivity contribution in [1.29, 1.82) is 0 Å². The van der Waals surface area contributed by atoms with E-state index in [1.807, 2.05) is 43.0 Å². The summed E-state index contributed by atoms with van der Waals surface area (Å²) in [5.74, 6) is 0.205. The summed E-state index contributed by atoms with van der Waals surface area (Å²) in [6.45, 7) is 5.80. The Hall–Kier alpha value is -2.04. The van der Waals surface area contributed by atoms with Crippen LogP contribution in [0.15, 0.2) is 24.3 Å². The first-order valence-electron chi connectivity index (χ1n) is 8.02. The van der Waals surface area contributed by atoms with E-state index in [1.165, 1.54) is 0 Å². The lowest BCUT2D eigenvalue weighted by Gasteiger charge is -2.37. The van der Waals surface area contributed by atoms with Crippen molar-refractivity contribution in [2.24, 2.45) is 5.92 Å². The molecule has 0 saturated carbocycles. The molecule has 1 N–H and O–H groups in total. The minimum absolute atomic E-state index is 0.0127. The highest BCUT2D eigenvalue weighted by atomic mass is 16.2. The number of rotatable bonds is 3.